The molecule has 7 heteroatoms. The van der Waals surface area contributed by atoms with E-state index in [1.807, 2.05) is 34.2 Å². The van der Waals surface area contributed by atoms with Gasteiger partial charge in [-0.2, -0.15) is 4.99 Å². The average molecular weight is 382 g/mol. The molecule has 0 spiro atoms. The minimum Gasteiger partial charge on any atom is -0.486 e. The summed E-state index contributed by atoms with van der Waals surface area (Å²) in [5.74, 6) is 3.68. The molecule has 26 heavy (non-hydrogen) atoms. The first-order chi connectivity index (χ1) is 12.7. The number of carbonyl (C=O) groups excluding carboxylic acids is 1. The van der Waals surface area contributed by atoms with Crippen LogP contribution in [-0.2, 0) is 11.3 Å². The smallest absolute Gasteiger partial charge is 0.272 e. The highest BCUT2D eigenvalue weighted by atomic mass is 32.1. The SMILES string of the molecule is C#CCn1c(=NC(=O)/C=C/c2cccs2)sc2cc3c(cc21)OCCO3. The topological polar surface area (TPSA) is 52.8 Å². The average Bonchev–Trinajstić information content (AvgIpc) is 3.27. The van der Waals surface area contributed by atoms with E-state index in [2.05, 4.69) is 10.9 Å². The molecule has 0 atom stereocenters. The summed E-state index contributed by atoms with van der Waals surface area (Å²) in [5, 5.41) is 1.96. The molecule has 0 saturated heterocycles. The van der Waals surface area contributed by atoms with E-state index in [9.17, 15) is 4.79 Å². The van der Waals surface area contributed by atoms with Crippen LogP contribution in [0.1, 0.15) is 4.88 Å². The first-order valence-electron chi connectivity index (χ1n) is 7.91. The maximum atomic E-state index is 12.2. The summed E-state index contributed by atoms with van der Waals surface area (Å²) in [6, 6.07) is 7.68. The van der Waals surface area contributed by atoms with Crippen LogP contribution in [-0.4, -0.2) is 23.7 Å². The number of rotatable bonds is 3. The van der Waals surface area contributed by atoms with E-state index in [0.717, 1.165) is 15.1 Å². The fourth-order valence-corrected chi connectivity index (χ4v) is 4.27. The van der Waals surface area contributed by atoms with E-state index in [1.165, 1.54) is 17.4 Å². The number of nitrogens with zero attached hydrogens (tertiary/aromatic N) is 2. The van der Waals surface area contributed by atoms with Crippen molar-refractivity contribution < 1.29 is 14.3 Å². The second kappa shape index (κ2) is 7.20. The van der Waals surface area contributed by atoms with Crippen molar-refractivity contribution in [3.8, 4) is 23.8 Å². The fourth-order valence-electron chi connectivity index (χ4n) is 2.61. The van der Waals surface area contributed by atoms with Gasteiger partial charge in [0.1, 0.15) is 13.2 Å². The zero-order valence-corrected chi connectivity index (χ0v) is 15.3. The van der Waals surface area contributed by atoms with Gasteiger partial charge in [0.25, 0.3) is 5.91 Å². The number of carbonyl (C=O) groups is 1. The van der Waals surface area contributed by atoms with Crippen molar-refractivity contribution in [1.82, 2.24) is 4.57 Å². The lowest BCUT2D eigenvalue weighted by molar-refractivity contribution is -0.113. The van der Waals surface area contributed by atoms with Gasteiger partial charge < -0.3 is 14.0 Å². The Balaban J connectivity index is 1.77. The van der Waals surface area contributed by atoms with E-state index in [1.54, 1.807) is 17.4 Å². The fraction of sp³-hybridized carbons (Fsp3) is 0.158. The highest BCUT2D eigenvalue weighted by Gasteiger charge is 2.16. The number of hydrogen-bond donors (Lipinski definition) is 0. The van der Waals surface area contributed by atoms with Crippen LogP contribution in [0.15, 0.2) is 40.7 Å². The Labute approximate surface area is 157 Å². The first kappa shape index (κ1) is 16.6. The Kier molecular flexibility index (Phi) is 4.61. The number of aromatic nitrogens is 1. The van der Waals surface area contributed by atoms with Gasteiger partial charge in [0, 0.05) is 23.1 Å². The number of amides is 1. The molecule has 2 aromatic heterocycles. The molecular formula is C19H14N2O3S2. The van der Waals surface area contributed by atoms with Crippen molar-refractivity contribution >= 4 is 44.9 Å². The highest BCUT2D eigenvalue weighted by Crippen LogP contribution is 2.35. The van der Waals surface area contributed by atoms with Crippen molar-refractivity contribution in [3.63, 3.8) is 0 Å². The van der Waals surface area contributed by atoms with Gasteiger partial charge in [-0.1, -0.05) is 23.3 Å². The Morgan fingerprint density at radius 3 is 2.88 bits per heavy atom. The molecule has 0 fully saturated rings. The Hall–Kier alpha value is -2.82. The Bertz CT molecular complexity index is 1100. The van der Waals surface area contributed by atoms with Crippen molar-refractivity contribution in [2.75, 3.05) is 13.2 Å². The second-order valence-corrected chi connectivity index (χ2v) is 7.43. The zero-order valence-electron chi connectivity index (χ0n) is 13.7. The summed E-state index contributed by atoms with van der Waals surface area (Å²) < 4.78 is 14.1. The number of fused-ring (bicyclic) bond motifs is 2. The van der Waals surface area contributed by atoms with Gasteiger partial charge >= 0.3 is 0 Å². The number of thiazole rings is 1. The molecule has 4 rings (SSSR count). The van der Waals surface area contributed by atoms with Crippen LogP contribution in [0, 0.1) is 12.3 Å². The normalized spacial score (nSPS) is 14.0. The monoisotopic (exact) mass is 382 g/mol. The van der Waals surface area contributed by atoms with Crippen LogP contribution in [0.25, 0.3) is 16.3 Å². The minimum absolute atomic E-state index is 0.320. The molecule has 0 radical (unpaired) electrons. The van der Waals surface area contributed by atoms with E-state index in [0.29, 0.717) is 36.1 Å². The summed E-state index contributed by atoms with van der Waals surface area (Å²) in [6.07, 6.45) is 8.74. The summed E-state index contributed by atoms with van der Waals surface area (Å²) in [4.78, 5) is 18.0. The third kappa shape index (κ3) is 3.29. The number of hydrogen-bond acceptors (Lipinski definition) is 5. The third-order valence-electron chi connectivity index (χ3n) is 3.74. The molecule has 1 aromatic carbocycles. The van der Waals surface area contributed by atoms with Gasteiger partial charge in [0.05, 0.1) is 16.8 Å². The molecule has 0 aliphatic carbocycles. The number of terminal acetylenes is 1. The molecule has 5 nitrogen and oxygen atoms in total. The van der Waals surface area contributed by atoms with Crippen LogP contribution in [0.4, 0.5) is 0 Å². The molecule has 0 bridgehead atoms. The van der Waals surface area contributed by atoms with Crippen molar-refractivity contribution in [2.24, 2.45) is 4.99 Å². The quantitative estimate of drug-likeness (QED) is 0.516. The van der Waals surface area contributed by atoms with Gasteiger partial charge in [0.2, 0.25) is 0 Å². The van der Waals surface area contributed by atoms with Crippen molar-refractivity contribution in [1.29, 1.82) is 0 Å². The second-order valence-electron chi connectivity index (χ2n) is 5.44. The van der Waals surface area contributed by atoms with Crippen molar-refractivity contribution in [3.05, 3.63) is 45.4 Å². The van der Waals surface area contributed by atoms with Crippen LogP contribution >= 0.6 is 22.7 Å². The van der Waals surface area contributed by atoms with Crippen LogP contribution in [0.3, 0.4) is 0 Å². The number of benzene rings is 1. The van der Waals surface area contributed by atoms with E-state index >= 15 is 0 Å². The van der Waals surface area contributed by atoms with E-state index in [-0.39, 0.29) is 5.91 Å². The summed E-state index contributed by atoms with van der Waals surface area (Å²) >= 11 is 2.96. The summed E-state index contributed by atoms with van der Waals surface area (Å²) in [5.41, 5.74) is 0.881. The Morgan fingerprint density at radius 1 is 1.35 bits per heavy atom. The van der Waals surface area contributed by atoms with Gasteiger partial charge in [-0.25, -0.2) is 0 Å². The summed E-state index contributed by atoms with van der Waals surface area (Å²) in [7, 11) is 0. The third-order valence-corrected chi connectivity index (χ3v) is 5.61. The molecule has 0 saturated carbocycles. The van der Waals surface area contributed by atoms with Gasteiger partial charge in [-0.3, -0.25) is 4.79 Å². The lowest BCUT2D eigenvalue weighted by Gasteiger charge is -2.18. The van der Waals surface area contributed by atoms with E-state index in [4.69, 9.17) is 15.9 Å². The lowest BCUT2D eigenvalue weighted by Crippen LogP contribution is -2.17. The molecule has 1 aliphatic heterocycles. The number of ether oxygens (including phenoxy) is 2. The predicted molar refractivity (Wildman–Crippen MR) is 104 cm³/mol. The standard InChI is InChI=1S/C19H14N2O3S2/c1-2-7-21-14-11-15-16(24-9-8-23-15)12-17(14)26-19(21)20-18(22)6-5-13-4-3-10-25-13/h1,3-6,10-12H,7-9H2/b6-5+,20-19?. The molecular weight excluding hydrogens is 368 g/mol. The highest BCUT2D eigenvalue weighted by molar-refractivity contribution is 7.16. The molecule has 0 N–H and O–H groups in total. The van der Waals surface area contributed by atoms with Crippen LogP contribution < -0.4 is 14.3 Å². The molecule has 1 aliphatic rings. The predicted octanol–water partition coefficient (Wildman–Crippen LogP) is 3.31. The van der Waals surface area contributed by atoms with Crippen molar-refractivity contribution in [2.45, 2.75) is 6.54 Å². The zero-order chi connectivity index (χ0) is 17.9. The minimum atomic E-state index is -0.326. The molecule has 0 unspecified atom stereocenters. The largest absolute Gasteiger partial charge is 0.486 e. The molecule has 3 heterocycles. The first-order valence-corrected chi connectivity index (χ1v) is 9.61. The molecule has 130 valence electrons. The molecule has 3 aromatic rings. The maximum Gasteiger partial charge on any atom is 0.272 e. The molecule has 1 amide bonds. The number of thiophene rings is 1. The van der Waals surface area contributed by atoms with Gasteiger partial charge in [-0.15, -0.1) is 17.8 Å². The van der Waals surface area contributed by atoms with Crippen LogP contribution in [0.5, 0.6) is 11.5 Å². The lowest BCUT2D eigenvalue weighted by atomic mass is 10.2. The van der Waals surface area contributed by atoms with Gasteiger partial charge in [-0.05, 0) is 17.5 Å². The van der Waals surface area contributed by atoms with Crippen LogP contribution in [0.2, 0.25) is 0 Å². The Morgan fingerprint density at radius 2 is 2.15 bits per heavy atom. The maximum absolute atomic E-state index is 12.2. The van der Waals surface area contributed by atoms with E-state index < -0.39 is 0 Å². The summed E-state index contributed by atoms with van der Waals surface area (Å²) in [6.45, 7) is 1.36. The van der Waals surface area contributed by atoms with Gasteiger partial charge in [0.15, 0.2) is 16.3 Å².